The number of carbonyl (C=O) groups excluding carboxylic acids is 2. The Labute approximate surface area is 176 Å². The van der Waals surface area contributed by atoms with Crippen LogP contribution in [0.25, 0.3) is 0 Å². The first-order chi connectivity index (χ1) is 14.5. The summed E-state index contributed by atoms with van der Waals surface area (Å²) in [6, 6.07) is 21.0. The Morgan fingerprint density at radius 2 is 1.87 bits per heavy atom. The fraction of sp³-hybridized carbons (Fsp3) is 0.200. The topological polar surface area (TPSA) is 58.6 Å². The molecule has 0 spiro atoms. The largest absolute Gasteiger partial charge is 0.489 e. The molecule has 0 aromatic heterocycles. The number of hydrogen-bond acceptors (Lipinski definition) is 3. The minimum Gasteiger partial charge on any atom is -0.489 e. The van der Waals surface area contributed by atoms with Gasteiger partial charge in [-0.3, -0.25) is 9.59 Å². The van der Waals surface area contributed by atoms with Gasteiger partial charge in [-0.2, -0.15) is 0 Å². The number of nitrogens with one attached hydrogen (secondary N) is 1. The third-order valence-corrected chi connectivity index (χ3v) is 5.20. The third kappa shape index (κ3) is 4.35. The molecule has 0 fully saturated rings. The van der Waals surface area contributed by atoms with Crippen LogP contribution >= 0.6 is 0 Å². The zero-order valence-corrected chi connectivity index (χ0v) is 17.1. The molecular formula is C25H24N2O3. The number of fused-ring (bicyclic) bond motifs is 1. The lowest BCUT2D eigenvalue weighted by atomic mass is 10.1. The molecule has 4 rings (SSSR count). The molecule has 0 atom stereocenters. The second-order valence-electron chi connectivity index (χ2n) is 7.52. The molecule has 0 bridgehead atoms. The van der Waals surface area contributed by atoms with Crippen LogP contribution in [0.2, 0.25) is 0 Å². The second kappa shape index (κ2) is 8.41. The van der Waals surface area contributed by atoms with E-state index in [0.717, 1.165) is 28.9 Å². The molecule has 0 aliphatic carbocycles. The minimum absolute atomic E-state index is 0.0352. The van der Waals surface area contributed by atoms with Gasteiger partial charge < -0.3 is 15.0 Å². The molecule has 3 aromatic rings. The molecule has 152 valence electrons. The zero-order valence-electron chi connectivity index (χ0n) is 17.1. The average Bonchev–Trinajstić information content (AvgIpc) is 3.16. The Kier molecular flexibility index (Phi) is 5.53. The van der Waals surface area contributed by atoms with Crippen LogP contribution in [0.4, 0.5) is 11.4 Å². The van der Waals surface area contributed by atoms with Gasteiger partial charge >= 0.3 is 0 Å². The summed E-state index contributed by atoms with van der Waals surface area (Å²) in [6.45, 7) is 4.75. The van der Waals surface area contributed by atoms with Gasteiger partial charge in [0, 0.05) is 30.4 Å². The van der Waals surface area contributed by atoms with Crippen molar-refractivity contribution in [3.63, 3.8) is 0 Å². The lowest BCUT2D eigenvalue weighted by Crippen LogP contribution is -2.25. The van der Waals surface area contributed by atoms with Crippen LogP contribution in [0.3, 0.4) is 0 Å². The van der Waals surface area contributed by atoms with E-state index in [1.54, 1.807) is 24.0 Å². The van der Waals surface area contributed by atoms with Crippen molar-refractivity contribution in [2.75, 3.05) is 16.8 Å². The van der Waals surface area contributed by atoms with Crippen molar-refractivity contribution in [2.45, 2.75) is 26.9 Å². The summed E-state index contributed by atoms with van der Waals surface area (Å²) < 4.78 is 5.87. The van der Waals surface area contributed by atoms with Crippen LogP contribution in [0.5, 0.6) is 5.75 Å². The van der Waals surface area contributed by atoms with Crippen LogP contribution in [0.15, 0.2) is 66.7 Å². The highest BCUT2D eigenvalue weighted by Gasteiger charge is 2.22. The fourth-order valence-corrected chi connectivity index (χ4v) is 3.71. The highest BCUT2D eigenvalue weighted by Crippen LogP contribution is 2.30. The van der Waals surface area contributed by atoms with Gasteiger partial charge in [0.25, 0.3) is 5.91 Å². The van der Waals surface area contributed by atoms with E-state index >= 15 is 0 Å². The molecule has 0 saturated carbocycles. The van der Waals surface area contributed by atoms with Crippen LogP contribution in [-0.4, -0.2) is 18.4 Å². The van der Waals surface area contributed by atoms with E-state index in [-0.39, 0.29) is 11.8 Å². The summed E-state index contributed by atoms with van der Waals surface area (Å²) in [6.07, 6.45) is 0.793. The highest BCUT2D eigenvalue weighted by molar-refractivity contribution is 6.05. The Balaban J connectivity index is 1.43. The summed E-state index contributed by atoms with van der Waals surface area (Å²) >= 11 is 0. The van der Waals surface area contributed by atoms with Crippen molar-refractivity contribution < 1.29 is 14.3 Å². The number of carbonyl (C=O) groups is 2. The maximum absolute atomic E-state index is 12.7. The van der Waals surface area contributed by atoms with Crippen molar-refractivity contribution in [3.05, 3.63) is 89.0 Å². The molecule has 0 saturated heterocycles. The Morgan fingerprint density at radius 3 is 2.67 bits per heavy atom. The molecule has 5 nitrogen and oxygen atoms in total. The summed E-state index contributed by atoms with van der Waals surface area (Å²) in [5.41, 5.74) is 5.51. The van der Waals surface area contributed by atoms with Gasteiger partial charge in [-0.15, -0.1) is 0 Å². The first-order valence-electron chi connectivity index (χ1n) is 10.0. The average molecular weight is 400 g/mol. The predicted octanol–water partition coefficient (Wildman–Crippen LogP) is 4.74. The molecule has 1 aliphatic rings. The van der Waals surface area contributed by atoms with Gasteiger partial charge in [-0.05, 0) is 60.9 Å². The van der Waals surface area contributed by atoms with Crippen molar-refractivity contribution in [3.8, 4) is 5.75 Å². The standard InChI is InChI=1S/C25H24N2O3/c1-17-5-3-6-19(13-17)16-30-23-8-4-7-21(15-23)25(29)26-22-9-10-24-20(14-22)11-12-27(24)18(2)28/h3-10,13-15H,11-12,16H2,1-2H3,(H,26,29). The molecule has 1 N–H and O–H groups in total. The number of anilines is 2. The Hall–Kier alpha value is -3.60. The number of benzene rings is 3. The molecule has 0 radical (unpaired) electrons. The van der Waals surface area contributed by atoms with Crippen molar-refractivity contribution in [1.82, 2.24) is 0 Å². The zero-order chi connectivity index (χ0) is 21.1. The Bertz CT molecular complexity index is 1110. The van der Waals surface area contributed by atoms with Crippen LogP contribution in [-0.2, 0) is 17.8 Å². The van der Waals surface area contributed by atoms with Gasteiger partial charge in [-0.25, -0.2) is 0 Å². The van der Waals surface area contributed by atoms with E-state index in [0.29, 0.717) is 24.5 Å². The van der Waals surface area contributed by atoms with Crippen LogP contribution < -0.4 is 15.0 Å². The molecule has 5 heteroatoms. The predicted molar refractivity (Wildman–Crippen MR) is 118 cm³/mol. The molecule has 2 amide bonds. The van der Waals surface area contributed by atoms with Crippen molar-refractivity contribution >= 4 is 23.2 Å². The van der Waals surface area contributed by atoms with E-state index in [1.165, 1.54) is 5.56 Å². The van der Waals surface area contributed by atoms with Crippen LogP contribution in [0, 0.1) is 6.92 Å². The normalized spacial score (nSPS) is 12.4. The molecule has 1 aliphatic heterocycles. The van der Waals surface area contributed by atoms with E-state index in [4.69, 9.17) is 4.74 Å². The first-order valence-corrected chi connectivity index (χ1v) is 10.0. The molecule has 3 aromatic carbocycles. The lowest BCUT2D eigenvalue weighted by Gasteiger charge is -2.15. The number of ether oxygens (including phenoxy) is 1. The van der Waals surface area contributed by atoms with Gasteiger partial charge in [0.1, 0.15) is 12.4 Å². The summed E-state index contributed by atoms with van der Waals surface area (Å²) in [4.78, 5) is 26.2. The summed E-state index contributed by atoms with van der Waals surface area (Å²) in [5, 5.41) is 2.94. The fourth-order valence-electron chi connectivity index (χ4n) is 3.71. The minimum atomic E-state index is -0.197. The molecular weight excluding hydrogens is 376 g/mol. The number of rotatable bonds is 5. The quantitative estimate of drug-likeness (QED) is 0.673. The van der Waals surface area contributed by atoms with E-state index in [9.17, 15) is 9.59 Å². The van der Waals surface area contributed by atoms with E-state index in [2.05, 4.69) is 11.4 Å². The Morgan fingerprint density at radius 1 is 1.03 bits per heavy atom. The third-order valence-electron chi connectivity index (χ3n) is 5.20. The summed E-state index contributed by atoms with van der Waals surface area (Å²) in [5.74, 6) is 0.487. The van der Waals surface area contributed by atoms with Gasteiger partial charge in [0.2, 0.25) is 5.91 Å². The van der Waals surface area contributed by atoms with Crippen molar-refractivity contribution in [1.29, 1.82) is 0 Å². The maximum Gasteiger partial charge on any atom is 0.255 e. The number of amides is 2. The van der Waals surface area contributed by atoms with Crippen LogP contribution in [0.1, 0.15) is 34.0 Å². The first kappa shape index (κ1) is 19.7. The smallest absolute Gasteiger partial charge is 0.255 e. The SMILES string of the molecule is CC(=O)N1CCc2cc(NC(=O)c3cccc(OCc4cccc(C)c4)c3)ccc21. The second-order valence-corrected chi connectivity index (χ2v) is 7.52. The summed E-state index contributed by atoms with van der Waals surface area (Å²) in [7, 11) is 0. The van der Waals surface area contributed by atoms with Gasteiger partial charge in [-0.1, -0.05) is 35.9 Å². The number of nitrogens with zero attached hydrogens (tertiary/aromatic N) is 1. The molecule has 1 heterocycles. The molecule has 0 unspecified atom stereocenters. The molecule has 30 heavy (non-hydrogen) atoms. The number of hydrogen-bond donors (Lipinski definition) is 1. The lowest BCUT2D eigenvalue weighted by molar-refractivity contribution is -0.116. The highest BCUT2D eigenvalue weighted by atomic mass is 16.5. The van der Waals surface area contributed by atoms with Gasteiger partial charge in [0.15, 0.2) is 0 Å². The van der Waals surface area contributed by atoms with E-state index in [1.807, 2.05) is 55.5 Å². The number of aryl methyl sites for hydroxylation is 1. The van der Waals surface area contributed by atoms with Crippen molar-refractivity contribution in [2.24, 2.45) is 0 Å². The maximum atomic E-state index is 12.7. The monoisotopic (exact) mass is 400 g/mol. The van der Waals surface area contributed by atoms with E-state index < -0.39 is 0 Å². The van der Waals surface area contributed by atoms with Gasteiger partial charge in [0.05, 0.1) is 0 Å².